The van der Waals surface area contributed by atoms with Crippen LogP contribution in [0.25, 0.3) is 0 Å². The predicted octanol–water partition coefficient (Wildman–Crippen LogP) is 2.59. The van der Waals surface area contributed by atoms with Gasteiger partial charge in [0.1, 0.15) is 0 Å². The molecule has 16 heavy (non-hydrogen) atoms. The first kappa shape index (κ1) is 14.3. The van der Waals surface area contributed by atoms with Crippen LogP contribution in [0.15, 0.2) is 0 Å². The maximum atomic E-state index is 3.69. The molecule has 3 heteroatoms. The Labute approximate surface area is 106 Å². The maximum Gasteiger partial charge on any atom is 0.0195 e. The van der Waals surface area contributed by atoms with E-state index >= 15 is 0 Å². The van der Waals surface area contributed by atoms with Crippen LogP contribution in [0.1, 0.15) is 40.5 Å². The fraction of sp³-hybridized carbons (Fsp3) is 1.00. The highest BCUT2D eigenvalue weighted by Crippen LogP contribution is 2.18. The molecule has 2 atom stereocenters. The summed E-state index contributed by atoms with van der Waals surface area (Å²) in [5, 5.41) is 3.69. The van der Waals surface area contributed by atoms with Crippen molar-refractivity contribution in [3.8, 4) is 0 Å². The Bertz CT molecular complexity index is 183. The van der Waals surface area contributed by atoms with Crippen LogP contribution >= 0.6 is 11.8 Å². The zero-order chi connectivity index (χ0) is 12.0. The molecule has 1 aliphatic heterocycles. The Morgan fingerprint density at radius 3 is 2.62 bits per heavy atom. The van der Waals surface area contributed by atoms with E-state index in [0.29, 0.717) is 12.1 Å². The molecule has 0 aliphatic carbocycles. The van der Waals surface area contributed by atoms with Crippen LogP contribution in [0.3, 0.4) is 0 Å². The third kappa shape index (κ3) is 4.27. The van der Waals surface area contributed by atoms with Crippen molar-refractivity contribution < 1.29 is 0 Å². The lowest BCUT2D eigenvalue weighted by Crippen LogP contribution is -2.50. The van der Waals surface area contributed by atoms with Crippen molar-refractivity contribution in [2.24, 2.45) is 0 Å². The quantitative estimate of drug-likeness (QED) is 0.773. The van der Waals surface area contributed by atoms with Crippen molar-refractivity contribution in [3.05, 3.63) is 0 Å². The minimum atomic E-state index is 0.677. The van der Waals surface area contributed by atoms with Crippen molar-refractivity contribution in [1.29, 1.82) is 0 Å². The van der Waals surface area contributed by atoms with E-state index in [0.717, 1.165) is 12.6 Å². The largest absolute Gasteiger partial charge is 0.312 e. The first-order chi connectivity index (χ1) is 7.69. The average molecular weight is 244 g/mol. The molecular weight excluding hydrogens is 216 g/mol. The van der Waals surface area contributed by atoms with Gasteiger partial charge in [-0.1, -0.05) is 13.8 Å². The van der Waals surface area contributed by atoms with E-state index in [1.807, 2.05) is 0 Å². The summed E-state index contributed by atoms with van der Waals surface area (Å²) in [6, 6.07) is 2.13. The number of hydrogen-bond donors (Lipinski definition) is 1. The van der Waals surface area contributed by atoms with Crippen LogP contribution in [0.2, 0.25) is 0 Å². The number of rotatable bonds is 6. The summed E-state index contributed by atoms with van der Waals surface area (Å²) >= 11 is 2.10. The lowest BCUT2D eigenvalue weighted by molar-refractivity contribution is 0.166. The van der Waals surface area contributed by atoms with Crippen LogP contribution < -0.4 is 5.32 Å². The van der Waals surface area contributed by atoms with Crippen LogP contribution in [0.4, 0.5) is 0 Å². The van der Waals surface area contributed by atoms with E-state index in [-0.39, 0.29) is 0 Å². The second kappa shape index (κ2) is 7.57. The molecule has 0 spiro atoms. The first-order valence-corrected chi connectivity index (χ1v) is 7.91. The van der Waals surface area contributed by atoms with Crippen molar-refractivity contribution >= 4 is 11.8 Å². The van der Waals surface area contributed by atoms with E-state index in [1.54, 1.807) is 0 Å². The van der Waals surface area contributed by atoms with Crippen molar-refractivity contribution in [2.75, 3.05) is 24.6 Å². The zero-order valence-corrected chi connectivity index (χ0v) is 12.1. The molecule has 0 aromatic heterocycles. The molecule has 0 amide bonds. The summed E-state index contributed by atoms with van der Waals surface area (Å²) < 4.78 is 0. The van der Waals surface area contributed by atoms with Gasteiger partial charge >= 0.3 is 0 Å². The topological polar surface area (TPSA) is 15.3 Å². The Morgan fingerprint density at radius 1 is 1.38 bits per heavy atom. The minimum Gasteiger partial charge on any atom is -0.312 e. The third-order valence-corrected chi connectivity index (χ3v) is 4.86. The smallest absolute Gasteiger partial charge is 0.0195 e. The van der Waals surface area contributed by atoms with Gasteiger partial charge in [-0.2, -0.15) is 11.8 Å². The maximum absolute atomic E-state index is 3.69. The average Bonchev–Trinajstić information content (AvgIpc) is 2.30. The van der Waals surface area contributed by atoms with Crippen LogP contribution in [0, 0.1) is 0 Å². The van der Waals surface area contributed by atoms with E-state index in [1.165, 1.54) is 30.9 Å². The van der Waals surface area contributed by atoms with Crippen molar-refractivity contribution in [2.45, 2.75) is 58.7 Å². The third-order valence-electron chi connectivity index (χ3n) is 3.67. The molecule has 0 aromatic rings. The molecule has 1 N–H and O–H groups in total. The second-order valence-corrected chi connectivity index (χ2v) is 6.08. The summed E-state index contributed by atoms with van der Waals surface area (Å²) in [6.45, 7) is 11.7. The van der Waals surface area contributed by atoms with Gasteiger partial charge in [-0.15, -0.1) is 0 Å². The molecule has 0 saturated carbocycles. The van der Waals surface area contributed by atoms with Crippen LogP contribution in [0.5, 0.6) is 0 Å². The van der Waals surface area contributed by atoms with Crippen molar-refractivity contribution in [3.63, 3.8) is 0 Å². The van der Waals surface area contributed by atoms with E-state index in [2.05, 4.69) is 49.7 Å². The highest BCUT2D eigenvalue weighted by atomic mass is 32.2. The van der Waals surface area contributed by atoms with Crippen LogP contribution in [-0.2, 0) is 0 Å². The summed E-state index contributed by atoms with van der Waals surface area (Å²) in [6.07, 6.45) is 2.49. The molecule has 1 heterocycles. The molecule has 0 radical (unpaired) electrons. The number of nitrogens with one attached hydrogen (secondary N) is 1. The lowest BCUT2D eigenvalue weighted by Gasteiger charge is -2.38. The van der Waals surface area contributed by atoms with Gasteiger partial charge in [0.05, 0.1) is 0 Å². The van der Waals surface area contributed by atoms with Gasteiger partial charge in [0, 0.05) is 42.7 Å². The highest BCUT2D eigenvalue weighted by Gasteiger charge is 2.23. The molecule has 0 bridgehead atoms. The van der Waals surface area contributed by atoms with E-state index in [9.17, 15) is 0 Å². The van der Waals surface area contributed by atoms with Gasteiger partial charge in [0.2, 0.25) is 0 Å². The fourth-order valence-electron chi connectivity index (χ4n) is 2.43. The molecule has 96 valence electrons. The van der Waals surface area contributed by atoms with Gasteiger partial charge in [-0.3, -0.25) is 4.90 Å². The van der Waals surface area contributed by atoms with Crippen LogP contribution in [-0.4, -0.2) is 47.6 Å². The lowest BCUT2D eigenvalue weighted by atomic mass is 10.1. The first-order valence-electron chi connectivity index (χ1n) is 6.75. The van der Waals surface area contributed by atoms with Gasteiger partial charge in [-0.25, -0.2) is 0 Å². The fourth-order valence-corrected chi connectivity index (χ4v) is 3.47. The molecule has 2 unspecified atom stereocenters. The number of thioether (sulfide) groups is 1. The SMILES string of the molecule is CCC(CC)NCC(C)N1CCSCC1C. The monoisotopic (exact) mass is 244 g/mol. The highest BCUT2D eigenvalue weighted by molar-refractivity contribution is 7.99. The summed E-state index contributed by atoms with van der Waals surface area (Å²) in [5.41, 5.74) is 0. The summed E-state index contributed by atoms with van der Waals surface area (Å²) in [4.78, 5) is 2.66. The summed E-state index contributed by atoms with van der Waals surface area (Å²) in [5.74, 6) is 2.61. The van der Waals surface area contributed by atoms with E-state index in [4.69, 9.17) is 0 Å². The Balaban J connectivity index is 2.30. The Kier molecular flexibility index (Phi) is 6.78. The molecule has 1 saturated heterocycles. The van der Waals surface area contributed by atoms with Gasteiger partial charge < -0.3 is 5.32 Å². The zero-order valence-electron chi connectivity index (χ0n) is 11.3. The second-order valence-electron chi connectivity index (χ2n) is 4.93. The Hall–Kier alpha value is 0.270. The molecule has 1 fully saturated rings. The normalized spacial score (nSPS) is 24.9. The molecule has 2 nitrogen and oxygen atoms in total. The van der Waals surface area contributed by atoms with Gasteiger partial charge in [0.25, 0.3) is 0 Å². The molecular formula is C13H28N2S. The molecule has 0 aromatic carbocycles. The summed E-state index contributed by atoms with van der Waals surface area (Å²) in [7, 11) is 0. The minimum absolute atomic E-state index is 0.677. The molecule has 1 aliphatic rings. The number of nitrogens with zero attached hydrogens (tertiary/aromatic N) is 1. The molecule has 1 rings (SSSR count). The van der Waals surface area contributed by atoms with Gasteiger partial charge in [-0.05, 0) is 26.7 Å². The Morgan fingerprint density at radius 2 is 2.06 bits per heavy atom. The number of hydrogen-bond acceptors (Lipinski definition) is 3. The van der Waals surface area contributed by atoms with E-state index < -0.39 is 0 Å². The van der Waals surface area contributed by atoms with Crippen molar-refractivity contribution in [1.82, 2.24) is 10.2 Å². The standard InChI is InChI=1S/C13H28N2S/c1-5-13(6-2)14-9-11(3)15-7-8-16-10-12(15)4/h11-14H,5-10H2,1-4H3. The predicted molar refractivity (Wildman–Crippen MR) is 75.3 cm³/mol. The van der Waals surface area contributed by atoms with Gasteiger partial charge in [0.15, 0.2) is 0 Å².